The van der Waals surface area contributed by atoms with E-state index in [1.54, 1.807) is 18.2 Å². The van der Waals surface area contributed by atoms with Gasteiger partial charge in [0.2, 0.25) is 0 Å². The average molecular weight is 310 g/mol. The Balaban J connectivity index is 1.97. The van der Waals surface area contributed by atoms with E-state index in [1.807, 2.05) is 66.7 Å². The third-order valence-electron chi connectivity index (χ3n) is 4.00. The molecule has 24 heavy (non-hydrogen) atoms. The van der Waals surface area contributed by atoms with Crippen molar-refractivity contribution in [3.63, 3.8) is 0 Å². The number of allylic oxidation sites excluding steroid dienone is 3. The van der Waals surface area contributed by atoms with Crippen molar-refractivity contribution in [3.8, 4) is 0 Å². The van der Waals surface area contributed by atoms with Gasteiger partial charge in [0, 0.05) is 5.56 Å². The number of hydrogen-bond donors (Lipinski definition) is 0. The van der Waals surface area contributed by atoms with E-state index in [4.69, 9.17) is 0 Å². The molecule has 0 atom stereocenters. The molecule has 116 valence electrons. The SMILES string of the molecule is C=CC(/C=C/C(=O)c1ccc2ccccc2c1)=c1/ccccc1=C. The summed E-state index contributed by atoms with van der Waals surface area (Å²) in [6.07, 6.45) is 5.14. The second-order valence-corrected chi connectivity index (χ2v) is 5.58. The highest BCUT2D eigenvalue weighted by Crippen LogP contribution is 2.16. The van der Waals surface area contributed by atoms with E-state index >= 15 is 0 Å². The molecule has 0 aliphatic heterocycles. The molecule has 0 radical (unpaired) electrons. The largest absolute Gasteiger partial charge is 0.289 e. The summed E-state index contributed by atoms with van der Waals surface area (Å²) in [7, 11) is 0. The molecular formula is C23H18O. The second kappa shape index (κ2) is 6.93. The minimum absolute atomic E-state index is 0.0263. The molecule has 0 heterocycles. The van der Waals surface area contributed by atoms with E-state index in [1.165, 1.54) is 0 Å². The lowest BCUT2D eigenvalue weighted by atomic mass is 10.0. The third kappa shape index (κ3) is 3.26. The van der Waals surface area contributed by atoms with Gasteiger partial charge in [-0.25, -0.2) is 0 Å². The zero-order chi connectivity index (χ0) is 16.9. The maximum atomic E-state index is 12.5. The van der Waals surface area contributed by atoms with Crippen molar-refractivity contribution >= 4 is 28.7 Å². The number of ketones is 1. The highest BCUT2D eigenvalue weighted by molar-refractivity contribution is 6.07. The van der Waals surface area contributed by atoms with Gasteiger partial charge in [0.25, 0.3) is 0 Å². The van der Waals surface area contributed by atoms with Gasteiger partial charge in [-0.05, 0) is 38.9 Å². The quantitative estimate of drug-likeness (QED) is 0.525. The molecule has 0 fully saturated rings. The number of fused-ring (bicyclic) bond motifs is 1. The van der Waals surface area contributed by atoms with Gasteiger partial charge in [-0.1, -0.05) is 86.0 Å². The standard InChI is InChI=1S/C23H18O/c1-3-18(22-11-7-4-8-17(22)2)14-15-23(24)21-13-12-19-9-5-6-10-20(19)16-21/h3-16H,1-2H2/b15-14+,22-18+. The Morgan fingerprint density at radius 1 is 0.833 bits per heavy atom. The zero-order valence-corrected chi connectivity index (χ0v) is 13.4. The van der Waals surface area contributed by atoms with Gasteiger partial charge in [0.15, 0.2) is 5.78 Å². The topological polar surface area (TPSA) is 17.1 Å². The molecule has 0 saturated carbocycles. The summed E-state index contributed by atoms with van der Waals surface area (Å²) in [5.74, 6) is -0.0263. The summed E-state index contributed by atoms with van der Waals surface area (Å²) in [6, 6.07) is 21.6. The van der Waals surface area contributed by atoms with E-state index in [0.717, 1.165) is 26.8 Å². The van der Waals surface area contributed by atoms with E-state index in [9.17, 15) is 4.79 Å². The van der Waals surface area contributed by atoms with Gasteiger partial charge in [-0.15, -0.1) is 0 Å². The zero-order valence-electron chi connectivity index (χ0n) is 13.4. The van der Waals surface area contributed by atoms with E-state index in [2.05, 4.69) is 13.2 Å². The summed E-state index contributed by atoms with van der Waals surface area (Å²) in [6.45, 7) is 7.86. The van der Waals surface area contributed by atoms with Crippen molar-refractivity contribution in [1.82, 2.24) is 0 Å². The fourth-order valence-electron chi connectivity index (χ4n) is 2.67. The first-order chi connectivity index (χ1) is 11.7. The van der Waals surface area contributed by atoms with Crippen LogP contribution in [0.4, 0.5) is 0 Å². The van der Waals surface area contributed by atoms with Crippen LogP contribution in [0.2, 0.25) is 0 Å². The Hall–Kier alpha value is -3.19. The van der Waals surface area contributed by atoms with Gasteiger partial charge in [-0.2, -0.15) is 0 Å². The predicted molar refractivity (Wildman–Crippen MR) is 102 cm³/mol. The van der Waals surface area contributed by atoms with E-state index < -0.39 is 0 Å². The molecule has 0 bridgehead atoms. The van der Waals surface area contributed by atoms with E-state index in [-0.39, 0.29) is 5.78 Å². The maximum Gasteiger partial charge on any atom is 0.185 e. The van der Waals surface area contributed by atoms with Gasteiger partial charge in [0.1, 0.15) is 0 Å². The van der Waals surface area contributed by atoms with Crippen LogP contribution >= 0.6 is 0 Å². The molecule has 1 heteroatoms. The van der Waals surface area contributed by atoms with Crippen LogP contribution < -0.4 is 10.4 Å². The summed E-state index contributed by atoms with van der Waals surface area (Å²) >= 11 is 0. The smallest absolute Gasteiger partial charge is 0.185 e. The molecule has 0 amide bonds. The molecular weight excluding hydrogens is 292 g/mol. The van der Waals surface area contributed by atoms with Crippen molar-refractivity contribution < 1.29 is 4.79 Å². The molecule has 0 aliphatic rings. The fourth-order valence-corrected chi connectivity index (χ4v) is 2.67. The number of carbonyl (C=O) groups excluding carboxylic acids is 1. The molecule has 0 saturated heterocycles. The molecule has 0 unspecified atom stereocenters. The van der Waals surface area contributed by atoms with Crippen LogP contribution in [-0.2, 0) is 0 Å². The first kappa shape index (κ1) is 15.7. The number of hydrogen-bond acceptors (Lipinski definition) is 1. The summed E-state index contributed by atoms with van der Waals surface area (Å²) in [5.41, 5.74) is 1.56. The van der Waals surface area contributed by atoms with Crippen LogP contribution in [0.1, 0.15) is 10.4 Å². The van der Waals surface area contributed by atoms with Gasteiger partial charge >= 0.3 is 0 Å². The van der Waals surface area contributed by atoms with Crippen molar-refractivity contribution in [2.24, 2.45) is 0 Å². The lowest BCUT2D eigenvalue weighted by Crippen LogP contribution is -2.23. The summed E-state index contributed by atoms with van der Waals surface area (Å²) in [5, 5.41) is 4.08. The van der Waals surface area contributed by atoms with Gasteiger partial charge < -0.3 is 0 Å². The summed E-state index contributed by atoms with van der Waals surface area (Å²) in [4.78, 5) is 12.5. The molecule has 0 aromatic heterocycles. The van der Waals surface area contributed by atoms with E-state index in [0.29, 0.717) is 5.56 Å². The van der Waals surface area contributed by atoms with Crippen molar-refractivity contribution in [2.75, 3.05) is 0 Å². The van der Waals surface area contributed by atoms with Crippen LogP contribution in [-0.4, -0.2) is 5.78 Å². The molecule has 1 nitrogen and oxygen atoms in total. The molecule has 3 aromatic carbocycles. The third-order valence-corrected chi connectivity index (χ3v) is 4.00. The van der Waals surface area contributed by atoms with Crippen LogP contribution in [0.25, 0.3) is 22.9 Å². The highest BCUT2D eigenvalue weighted by atomic mass is 16.1. The van der Waals surface area contributed by atoms with Crippen LogP contribution in [0, 0.1) is 0 Å². The number of benzene rings is 3. The Morgan fingerprint density at radius 3 is 2.29 bits per heavy atom. The highest BCUT2D eigenvalue weighted by Gasteiger charge is 2.03. The normalized spacial score (nSPS) is 12.3. The number of carbonyl (C=O) groups is 1. The Labute approximate surface area is 141 Å². The first-order valence-corrected chi connectivity index (χ1v) is 7.81. The lowest BCUT2D eigenvalue weighted by Gasteiger charge is -2.01. The van der Waals surface area contributed by atoms with Crippen LogP contribution in [0.15, 0.2) is 91.5 Å². The Kier molecular flexibility index (Phi) is 4.53. The minimum Gasteiger partial charge on any atom is -0.289 e. The molecule has 3 rings (SSSR count). The number of rotatable bonds is 4. The Bertz CT molecular complexity index is 1050. The van der Waals surface area contributed by atoms with Crippen molar-refractivity contribution in [2.45, 2.75) is 0 Å². The summed E-state index contributed by atoms with van der Waals surface area (Å²) < 4.78 is 0. The second-order valence-electron chi connectivity index (χ2n) is 5.58. The molecule has 3 aromatic rings. The van der Waals surface area contributed by atoms with Crippen LogP contribution in [0.3, 0.4) is 0 Å². The Morgan fingerprint density at radius 2 is 1.54 bits per heavy atom. The molecule has 0 aliphatic carbocycles. The van der Waals surface area contributed by atoms with Crippen LogP contribution in [0.5, 0.6) is 0 Å². The molecule has 0 N–H and O–H groups in total. The maximum absolute atomic E-state index is 12.5. The monoisotopic (exact) mass is 310 g/mol. The van der Waals surface area contributed by atoms with Crippen molar-refractivity contribution in [1.29, 1.82) is 0 Å². The van der Waals surface area contributed by atoms with Crippen molar-refractivity contribution in [3.05, 3.63) is 108 Å². The first-order valence-electron chi connectivity index (χ1n) is 7.81. The predicted octanol–water partition coefficient (Wildman–Crippen LogP) is 4.03. The average Bonchev–Trinajstić information content (AvgIpc) is 2.63. The molecule has 0 spiro atoms. The fraction of sp³-hybridized carbons (Fsp3) is 0. The van der Waals surface area contributed by atoms with Gasteiger partial charge in [-0.3, -0.25) is 4.79 Å². The minimum atomic E-state index is -0.0263. The lowest BCUT2D eigenvalue weighted by molar-refractivity contribution is 0.104. The van der Waals surface area contributed by atoms with Gasteiger partial charge in [0.05, 0.1) is 0 Å².